The summed E-state index contributed by atoms with van der Waals surface area (Å²) in [7, 11) is 0. The van der Waals surface area contributed by atoms with Crippen molar-refractivity contribution in [2.24, 2.45) is 0 Å². The number of alkyl halides is 6. The predicted molar refractivity (Wildman–Crippen MR) is 95.5 cm³/mol. The van der Waals surface area contributed by atoms with Crippen LogP contribution in [0.3, 0.4) is 0 Å². The molecule has 1 fully saturated rings. The van der Waals surface area contributed by atoms with E-state index >= 15 is 0 Å². The van der Waals surface area contributed by atoms with Crippen LogP contribution in [-0.4, -0.2) is 29.9 Å². The van der Waals surface area contributed by atoms with Gasteiger partial charge < -0.3 is 4.90 Å². The van der Waals surface area contributed by atoms with Gasteiger partial charge in [-0.25, -0.2) is 4.39 Å². The van der Waals surface area contributed by atoms with Gasteiger partial charge in [-0.1, -0.05) is 0 Å². The first-order chi connectivity index (χ1) is 14.4. The van der Waals surface area contributed by atoms with E-state index in [4.69, 9.17) is 0 Å². The zero-order chi connectivity index (χ0) is 23.0. The summed E-state index contributed by atoms with van der Waals surface area (Å²) in [5.41, 5.74) is -4.13. The lowest BCUT2D eigenvalue weighted by Gasteiger charge is -2.28. The van der Waals surface area contributed by atoms with E-state index in [2.05, 4.69) is 0 Å². The molecule has 4 nitrogen and oxygen atoms in total. The zero-order valence-corrected chi connectivity index (χ0v) is 15.7. The lowest BCUT2D eigenvalue weighted by atomic mass is 10.0. The highest BCUT2D eigenvalue weighted by atomic mass is 19.4. The molecule has 1 aliphatic heterocycles. The molecular formula is C20H15F7N2O2. The lowest BCUT2D eigenvalue weighted by Crippen LogP contribution is -2.42. The minimum absolute atomic E-state index is 0.0112. The van der Waals surface area contributed by atoms with Crippen LogP contribution in [-0.2, 0) is 17.1 Å². The molecule has 31 heavy (non-hydrogen) atoms. The number of benzene rings is 2. The standard InChI is InChI=1S/C20H15F7N2O2/c21-15-3-5-16(6-4-15)29(11-28-7-1-2-17(28)30)18(31)12-8-13(19(22,23)24)10-14(9-12)20(25,26)27/h3-6,8-10H,1-2,7,11H2. The highest BCUT2D eigenvalue weighted by molar-refractivity contribution is 6.06. The monoisotopic (exact) mass is 448 g/mol. The maximum Gasteiger partial charge on any atom is 0.416 e. The second-order valence-electron chi connectivity index (χ2n) is 6.91. The summed E-state index contributed by atoms with van der Waals surface area (Å²) in [6, 6.07) is 4.81. The summed E-state index contributed by atoms with van der Waals surface area (Å²) in [6.07, 6.45) is -9.55. The van der Waals surface area contributed by atoms with Gasteiger partial charge in [0.25, 0.3) is 5.91 Å². The molecule has 2 aromatic carbocycles. The van der Waals surface area contributed by atoms with Gasteiger partial charge in [0.2, 0.25) is 5.91 Å². The minimum atomic E-state index is -5.12. The van der Waals surface area contributed by atoms with Crippen LogP contribution < -0.4 is 4.90 Å². The van der Waals surface area contributed by atoms with Crippen LogP contribution in [0.1, 0.15) is 34.3 Å². The second kappa shape index (κ2) is 8.20. The number of rotatable bonds is 4. The molecule has 0 N–H and O–H groups in total. The third kappa shape index (κ3) is 5.15. The first-order valence-corrected chi connectivity index (χ1v) is 9.01. The average Bonchev–Trinajstić information content (AvgIpc) is 3.09. The van der Waals surface area contributed by atoms with Crippen molar-refractivity contribution in [2.45, 2.75) is 25.2 Å². The fourth-order valence-corrected chi connectivity index (χ4v) is 3.14. The Labute approximate surface area is 171 Å². The van der Waals surface area contributed by atoms with Crippen LogP contribution >= 0.6 is 0 Å². The molecule has 0 bridgehead atoms. The van der Waals surface area contributed by atoms with E-state index in [1.165, 1.54) is 4.90 Å². The zero-order valence-electron chi connectivity index (χ0n) is 15.7. The molecule has 3 rings (SSSR count). The molecule has 0 unspecified atom stereocenters. The quantitative estimate of drug-likeness (QED) is 0.612. The maximum atomic E-state index is 13.3. The number of carbonyl (C=O) groups is 2. The molecule has 0 aliphatic carbocycles. The van der Waals surface area contributed by atoms with Crippen molar-refractivity contribution in [3.8, 4) is 0 Å². The van der Waals surface area contributed by atoms with Crippen molar-refractivity contribution in [3.63, 3.8) is 0 Å². The largest absolute Gasteiger partial charge is 0.416 e. The van der Waals surface area contributed by atoms with Gasteiger partial charge in [0.05, 0.1) is 11.1 Å². The Morgan fingerprint density at radius 2 is 1.48 bits per heavy atom. The number of halogens is 7. The lowest BCUT2D eigenvalue weighted by molar-refractivity contribution is -0.143. The second-order valence-corrected chi connectivity index (χ2v) is 6.91. The number of hydrogen-bond acceptors (Lipinski definition) is 2. The fraction of sp³-hybridized carbons (Fsp3) is 0.300. The van der Waals surface area contributed by atoms with E-state index in [-0.39, 0.29) is 30.6 Å². The van der Waals surface area contributed by atoms with Gasteiger partial charge in [-0.3, -0.25) is 14.5 Å². The molecule has 11 heteroatoms. The van der Waals surface area contributed by atoms with Gasteiger partial charge in [-0.15, -0.1) is 0 Å². The summed E-state index contributed by atoms with van der Waals surface area (Å²) < 4.78 is 92.3. The topological polar surface area (TPSA) is 40.6 Å². The van der Waals surface area contributed by atoms with Crippen molar-refractivity contribution in [3.05, 3.63) is 65.0 Å². The number of anilines is 1. The third-order valence-electron chi connectivity index (χ3n) is 4.70. The first kappa shape index (κ1) is 22.6. The van der Waals surface area contributed by atoms with E-state index in [0.717, 1.165) is 29.2 Å². The molecule has 1 aliphatic rings. The molecule has 2 aromatic rings. The van der Waals surface area contributed by atoms with Crippen molar-refractivity contribution in [1.29, 1.82) is 0 Å². The molecule has 1 heterocycles. The van der Waals surface area contributed by atoms with Crippen LogP contribution in [0.4, 0.5) is 36.4 Å². The normalized spacial score (nSPS) is 14.8. The van der Waals surface area contributed by atoms with Gasteiger partial charge in [0, 0.05) is 24.2 Å². The Bertz CT molecular complexity index is 952. The van der Waals surface area contributed by atoms with Crippen LogP contribution in [0.15, 0.2) is 42.5 Å². The van der Waals surface area contributed by atoms with Crippen LogP contribution in [0, 0.1) is 5.82 Å². The Hall–Kier alpha value is -3.11. The predicted octanol–water partition coefficient (Wildman–Crippen LogP) is 5.09. The molecule has 1 saturated heterocycles. The van der Waals surface area contributed by atoms with Crippen molar-refractivity contribution >= 4 is 17.5 Å². The van der Waals surface area contributed by atoms with E-state index < -0.39 is 47.4 Å². The van der Waals surface area contributed by atoms with Gasteiger partial charge in [-0.05, 0) is 48.9 Å². The van der Waals surface area contributed by atoms with Gasteiger partial charge in [0.15, 0.2) is 0 Å². The Balaban J connectivity index is 2.07. The SMILES string of the molecule is O=C1CCCN1CN(C(=O)c1cc(C(F)(F)F)cc(C(F)(F)F)c1)c1ccc(F)cc1. The molecular weight excluding hydrogens is 433 g/mol. The molecule has 0 aromatic heterocycles. The molecule has 0 spiro atoms. The highest BCUT2D eigenvalue weighted by Gasteiger charge is 2.38. The third-order valence-corrected chi connectivity index (χ3v) is 4.70. The molecule has 166 valence electrons. The van der Waals surface area contributed by atoms with Crippen LogP contribution in [0.25, 0.3) is 0 Å². The Kier molecular flexibility index (Phi) is 5.97. The first-order valence-electron chi connectivity index (χ1n) is 9.01. The van der Waals surface area contributed by atoms with E-state index in [0.29, 0.717) is 18.6 Å². The summed E-state index contributed by atoms with van der Waals surface area (Å²) in [5, 5.41) is 0. The molecule has 0 atom stereocenters. The average molecular weight is 448 g/mol. The maximum absolute atomic E-state index is 13.3. The Morgan fingerprint density at radius 3 is 1.94 bits per heavy atom. The van der Waals surface area contributed by atoms with Crippen LogP contribution in [0.5, 0.6) is 0 Å². The highest BCUT2D eigenvalue weighted by Crippen LogP contribution is 2.37. The molecule has 0 saturated carbocycles. The van der Waals surface area contributed by atoms with Gasteiger partial charge in [0.1, 0.15) is 12.5 Å². The number of amides is 2. The van der Waals surface area contributed by atoms with Crippen molar-refractivity contribution in [1.82, 2.24) is 4.90 Å². The molecule has 2 amide bonds. The smallest absolute Gasteiger partial charge is 0.324 e. The Morgan fingerprint density at radius 1 is 0.935 bits per heavy atom. The summed E-state index contributed by atoms with van der Waals surface area (Å²) in [6.45, 7) is -0.138. The summed E-state index contributed by atoms with van der Waals surface area (Å²) in [5.74, 6) is -2.17. The molecule has 0 radical (unpaired) electrons. The summed E-state index contributed by atoms with van der Waals surface area (Å²) in [4.78, 5) is 27.1. The van der Waals surface area contributed by atoms with Gasteiger partial charge in [-0.2, -0.15) is 26.3 Å². The van der Waals surface area contributed by atoms with Crippen LogP contribution in [0.2, 0.25) is 0 Å². The minimum Gasteiger partial charge on any atom is -0.324 e. The van der Waals surface area contributed by atoms with E-state index in [1.807, 2.05) is 0 Å². The summed E-state index contributed by atoms with van der Waals surface area (Å²) >= 11 is 0. The fourth-order valence-electron chi connectivity index (χ4n) is 3.14. The van der Waals surface area contributed by atoms with Crippen molar-refractivity contribution < 1.29 is 40.3 Å². The van der Waals surface area contributed by atoms with Gasteiger partial charge >= 0.3 is 12.4 Å². The van der Waals surface area contributed by atoms with E-state index in [9.17, 15) is 40.3 Å². The number of nitrogens with zero attached hydrogens (tertiary/aromatic N) is 2. The van der Waals surface area contributed by atoms with Crippen molar-refractivity contribution in [2.75, 3.05) is 18.1 Å². The van der Waals surface area contributed by atoms with E-state index in [1.54, 1.807) is 0 Å². The number of likely N-dealkylation sites (tertiary alicyclic amines) is 1. The number of carbonyl (C=O) groups excluding carboxylic acids is 2. The number of hydrogen-bond donors (Lipinski definition) is 0.